The molecule has 1 fully saturated rings. The van der Waals surface area contributed by atoms with Crippen molar-refractivity contribution in [2.24, 2.45) is 5.41 Å². The standard InChI is InChI=1S/C14H23ClN4O/c1-5-14(6-2)7-8-19(9-14)12-16-11(15)17-13(18-12)20-10(3)4/h10H,5-9H2,1-4H3. The minimum absolute atomic E-state index is 0.0188. The van der Waals surface area contributed by atoms with Crippen LogP contribution in [0.1, 0.15) is 47.0 Å². The molecule has 2 rings (SSSR count). The van der Waals surface area contributed by atoms with Gasteiger partial charge in [-0.3, -0.25) is 0 Å². The molecule has 0 bridgehead atoms. The summed E-state index contributed by atoms with van der Waals surface area (Å²) in [6.45, 7) is 10.3. The molecule has 0 N–H and O–H groups in total. The van der Waals surface area contributed by atoms with Crippen LogP contribution in [0.5, 0.6) is 6.01 Å². The second-order valence-electron chi connectivity index (χ2n) is 5.73. The molecule has 0 saturated carbocycles. The lowest BCUT2D eigenvalue weighted by molar-refractivity contribution is 0.221. The highest BCUT2D eigenvalue weighted by molar-refractivity contribution is 6.28. The maximum absolute atomic E-state index is 5.98. The molecule has 1 saturated heterocycles. The average molecular weight is 299 g/mol. The lowest BCUT2D eigenvalue weighted by atomic mass is 9.82. The Bertz CT molecular complexity index is 462. The molecule has 0 unspecified atom stereocenters. The van der Waals surface area contributed by atoms with E-state index in [0.29, 0.717) is 17.4 Å². The second-order valence-corrected chi connectivity index (χ2v) is 6.07. The van der Waals surface area contributed by atoms with Gasteiger partial charge in [0.1, 0.15) is 0 Å². The van der Waals surface area contributed by atoms with E-state index in [2.05, 4.69) is 33.7 Å². The minimum atomic E-state index is 0.0188. The fourth-order valence-corrected chi connectivity index (χ4v) is 2.81. The third-order valence-corrected chi connectivity index (χ3v) is 4.31. The van der Waals surface area contributed by atoms with E-state index in [0.717, 1.165) is 13.1 Å². The van der Waals surface area contributed by atoms with Crippen molar-refractivity contribution in [3.63, 3.8) is 0 Å². The number of ether oxygens (including phenoxy) is 1. The van der Waals surface area contributed by atoms with E-state index in [1.54, 1.807) is 0 Å². The van der Waals surface area contributed by atoms with Gasteiger partial charge in [-0.15, -0.1) is 0 Å². The van der Waals surface area contributed by atoms with Crippen molar-refractivity contribution >= 4 is 17.5 Å². The van der Waals surface area contributed by atoms with Crippen LogP contribution in [0.25, 0.3) is 0 Å². The van der Waals surface area contributed by atoms with Crippen LogP contribution in [0.2, 0.25) is 5.28 Å². The molecule has 0 aliphatic carbocycles. The van der Waals surface area contributed by atoms with E-state index >= 15 is 0 Å². The summed E-state index contributed by atoms with van der Waals surface area (Å²) in [4.78, 5) is 14.8. The summed E-state index contributed by atoms with van der Waals surface area (Å²) < 4.78 is 5.53. The van der Waals surface area contributed by atoms with Crippen LogP contribution in [0.3, 0.4) is 0 Å². The molecule has 0 radical (unpaired) electrons. The molecule has 0 aromatic carbocycles. The minimum Gasteiger partial charge on any atom is -0.461 e. The Morgan fingerprint density at radius 2 is 1.95 bits per heavy atom. The van der Waals surface area contributed by atoms with Gasteiger partial charge in [-0.05, 0) is 50.1 Å². The van der Waals surface area contributed by atoms with Crippen molar-refractivity contribution < 1.29 is 4.74 Å². The van der Waals surface area contributed by atoms with Gasteiger partial charge in [-0.2, -0.15) is 15.0 Å². The van der Waals surface area contributed by atoms with Gasteiger partial charge >= 0.3 is 6.01 Å². The number of nitrogens with zero attached hydrogens (tertiary/aromatic N) is 4. The summed E-state index contributed by atoms with van der Waals surface area (Å²) in [7, 11) is 0. The first-order valence-electron chi connectivity index (χ1n) is 7.31. The van der Waals surface area contributed by atoms with Crippen LogP contribution < -0.4 is 9.64 Å². The molecule has 1 aromatic rings. The molecular formula is C14H23ClN4O. The van der Waals surface area contributed by atoms with Crippen LogP contribution in [0, 0.1) is 5.41 Å². The quantitative estimate of drug-likeness (QED) is 0.834. The zero-order valence-corrected chi connectivity index (χ0v) is 13.4. The Morgan fingerprint density at radius 3 is 2.50 bits per heavy atom. The lowest BCUT2D eigenvalue weighted by Gasteiger charge is -2.26. The summed E-state index contributed by atoms with van der Waals surface area (Å²) in [6.07, 6.45) is 3.54. The predicted molar refractivity (Wildman–Crippen MR) is 80.4 cm³/mol. The molecule has 1 aromatic heterocycles. The molecule has 5 nitrogen and oxygen atoms in total. The first-order chi connectivity index (χ1) is 9.48. The zero-order chi connectivity index (χ0) is 14.8. The van der Waals surface area contributed by atoms with Gasteiger partial charge in [-0.1, -0.05) is 13.8 Å². The van der Waals surface area contributed by atoms with Crippen molar-refractivity contribution in [2.45, 2.75) is 53.1 Å². The van der Waals surface area contributed by atoms with Gasteiger partial charge in [0.05, 0.1) is 6.10 Å². The highest BCUT2D eigenvalue weighted by Gasteiger charge is 2.36. The molecule has 112 valence electrons. The molecule has 2 heterocycles. The number of rotatable bonds is 5. The van der Waals surface area contributed by atoms with E-state index in [9.17, 15) is 0 Å². The largest absolute Gasteiger partial charge is 0.461 e. The first kappa shape index (κ1) is 15.3. The molecule has 0 atom stereocenters. The Kier molecular flexibility index (Phi) is 4.68. The zero-order valence-electron chi connectivity index (χ0n) is 12.7. The highest BCUT2D eigenvalue weighted by atomic mass is 35.5. The Morgan fingerprint density at radius 1 is 1.25 bits per heavy atom. The molecule has 6 heteroatoms. The third-order valence-electron chi connectivity index (χ3n) is 4.14. The third kappa shape index (κ3) is 3.32. The molecule has 0 amide bonds. The van der Waals surface area contributed by atoms with E-state index in [1.165, 1.54) is 19.3 Å². The molecule has 20 heavy (non-hydrogen) atoms. The van der Waals surface area contributed by atoms with Crippen molar-refractivity contribution in [1.82, 2.24) is 15.0 Å². The first-order valence-corrected chi connectivity index (χ1v) is 7.69. The number of aromatic nitrogens is 3. The molecule has 1 aliphatic heterocycles. The van der Waals surface area contributed by atoms with Crippen molar-refractivity contribution in [1.29, 1.82) is 0 Å². The topological polar surface area (TPSA) is 51.1 Å². The second kappa shape index (κ2) is 6.12. The van der Waals surface area contributed by atoms with Crippen molar-refractivity contribution in [3.05, 3.63) is 5.28 Å². The van der Waals surface area contributed by atoms with E-state index in [-0.39, 0.29) is 11.4 Å². The fraction of sp³-hybridized carbons (Fsp3) is 0.786. The molecule has 0 spiro atoms. The maximum atomic E-state index is 5.98. The van der Waals surface area contributed by atoms with Crippen LogP contribution in [0.15, 0.2) is 0 Å². The predicted octanol–water partition coefficient (Wildman–Crippen LogP) is 3.33. The van der Waals surface area contributed by atoms with Crippen molar-refractivity contribution in [3.8, 4) is 6.01 Å². The van der Waals surface area contributed by atoms with Crippen LogP contribution in [-0.4, -0.2) is 34.1 Å². The Balaban J connectivity index is 2.19. The number of anilines is 1. The van der Waals surface area contributed by atoms with Gasteiger partial charge in [0, 0.05) is 13.1 Å². The number of hydrogen-bond donors (Lipinski definition) is 0. The van der Waals surface area contributed by atoms with Gasteiger partial charge in [-0.25, -0.2) is 0 Å². The Hall–Kier alpha value is -1.10. The van der Waals surface area contributed by atoms with E-state index in [4.69, 9.17) is 16.3 Å². The summed E-state index contributed by atoms with van der Waals surface area (Å²) in [6, 6.07) is 0.306. The van der Waals surface area contributed by atoms with Gasteiger partial charge in [0.15, 0.2) is 0 Å². The smallest absolute Gasteiger partial charge is 0.322 e. The summed E-state index contributed by atoms with van der Waals surface area (Å²) in [5, 5.41) is 0.191. The van der Waals surface area contributed by atoms with Gasteiger partial charge < -0.3 is 9.64 Å². The van der Waals surface area contributed by atoms with Gasteiger partial charge in [0.2, 0.25) is 11.2 Å². The SMILES string of the molecule is CCC1(CC)CCN(c2nc(Cl)nc(OC(C)C)n2)C1. The Labute approximate surface area is 125 Å². The number of halogens is 1. The van der Waals surface area contributed by atoms with Crippen LogP contribution in [0.4, 0.5) is 5.95 Å². The van der Waals surface area contributed by atoms with E-state index < -0.39 is 0 Å². The normalized spacial score (nSPS) is 17.8. The summed E-state index contributed by atoms with van der Waals surface area (Å²) in [5.41, 5.74) is 0.373. The molecule has 1 aliphatic rings. The lowest BCUT2D eigenvalue weighted by Crippen LogP contribution is -2.27. The van der Waals surface area contributed by atoms with E-state index in [1.807, 2.05) is 13.8 Å². The summed E-state index contributed by atoms with van der Waals surface area (Å²) >= 11 is 5.98. The van der Waals surface area contributed by atoms with Crippen LogP contribution >= 0.6 is 11.6 Å². The highest BCUT2D eigenvalue weighted by Crippen LogP contribution is 2.38. The van der Waals surface area contributed by atoms with Gasteiger partial charge in [0.25, 0.3) is 0 Å². The summed E-state index contributed by atoms with van der Waals surface area (Å²) in [5.74, 6) is 0.629. The molecular weight excluding hydrogens is 276 g/mol. The average Bonchev–Trinajstić information content (AvgIpc) is 2.82. The number of hydrogen-bond acceptors (Lipinski definition) is 5. The fourth-order valence-electron chi connectivity index (χ4n) is 2.66. The monoisotopic (exact) mass is 298 g/mol. The van der Waals surface area contributed by atoms with Crippen LogP contribution in [-0.2, 0) is 0 Å². The maximum Gasteiger partial charge on any atom is 0.322 e. The van der Waals surface area contributed by atoms with Crippen molar-refractivity contribution in [2.75, 3.05) is 18.0 Å².